The fraction of sp³-hybridized carbons (Fsp3) is 0.364. The van der Waals surface area contributed by atoms with E-state index in [9.17, 15) is 4.79 Å². The van der Waals surface area contributed by atoms with Gasteiger partial charge in [0.25, 0.3) is 0 Å². The number of alkyl halides is 1. The highest BCUT2D eigenvalue weighted by Crippen LogP contribution is 2.23. The Bertz CT molecular complexity index is 323. The molecule has 1 aromatic rings. The molecular formula is C11H13ClNO. The normalized spacial score (nSPS) is 10.3. The molecule has 1 rings (SSSR count). The number of hydrogen-bond donors (Lipinski definition) is 1. The van der Waals surface area contributed by atoms with Gasteiger partial charge in [-0.3, -0.25) is 4.79 Å². The molecule has 0 saturated carbocycles. The van der Waals surface area contributed by atoms with Crippen LogP contribution in [0.15, 0.2) is 18.2 Å². The van der Waals surface area contributed by atoms with Crippen molar-refractivity contribution in [3.05, 3.63) is 29.8 Å². The maximum Gasteiger partial charge on any atom is 0.239 e. The summed E-state index contributed by atoms with van der Waals surface area (Å²) < 4.78 is 0. The number of halogens is 1. The Labute approximate surface area is 89.3 Å². The second-order valence-electron chi connectivity index (χ2n) is 3.35. The molecule has 75 valence electrons. The van der Waals surface area contributed by atoms with Crippen LogP contribution in [0.2, 0.25) is 0 Å². The van der Waals surface area contributed by atoms with Crippen molar-refractivity contribution in [1.29, 1.82) is 0 Å². The van der Waals surface area contributed by atoms with Crippen molar-refractivity contribution in [3.63, 3.8) is 0 Å². The molecule has 0 aliphatic rings. The van der Waals surface area contributed by atoms with Gasteiger partial charge >= 0.3 is 0 Å². The molecule has 0 aliphatic heterocycles. The van der Waals surface area contributed by atoms with Gasteiger partial charge in [0.2, 0.25) is 5.91 Å². The van der Waals surface area contributed by atoms with E-state index >= 15 is 0 Å². The van der Waals surface area contributed by atoms with E-state index in [1.54, 1.807) is 6.07 Å². The van der Waals surface area contributed by atoms with E-state index in [2.05, 4.69) is 25.2 Å². The van der Waals surface area contributed by atoms with Crippen LogP contribution < -0.4 is 5.32 Å². The summed E-state index contributed by atoms with van der Waals surface area (Å²) in [5.41, 5.74) is 1.90. The summed E-state index contributed by atoms with van der Waals surface area (Å²) in [6.07, 6.45) is 0. The number of carbonyl (C=O) groups excluding carboxylic acids is 1. The number of carbonyl (C=O) groups is 1. The fourth-order valence-electron chi connectivity index (χ4n) is 1.24. The standard InChI is InChI=1S/C11H13ClNO/c1-8(2)9-5-3-4-6-10(9)13-11(14)7-12/h3,5-6,8H,7H2,1-2H3,(H,13,14). The van der Waals surface area contributed by atoms with Crippen LogP contribution in [0.1, 0.15) is 25.3 Å². The van der Waals surface area contributed by atoms with Crippen LogP contribution in [0.5, 0.6) is 0 Å². The average Bonchev–Trinajstić information content (AvgIpc) is 2.18. The molecule has 1 N–H and O–H groups in total. The lowest BCUT2D eigenvalue weighted by Gasteiger charge is -2.12. The lowest BCUT2D eigenvalue weighted by atomic mass is 10.0. The molecule has 1 radical (unpaired) electrons. The molecule has 14 heavy (non-hydrogen) atoms. The van der Waals surface area contributed by atoms with E-state index in [1.165, 1.54) is 0 Å². The molecule has 1 amide bonds. The van der Waals surface area contributed by atoms with Crippen LogP contribution in [0.3, 0.4) is 0 Å². The van der Waals surface area contributed by atoms with Crippen LogP contribution in [0.25, 0.3) is 0 Å². The molecule has 2 nitrogen and oxygen atoms in total. The summed E-state index contributed by atoms with van der Waals surface area (Å²) in [5.74, 6) is 0.162. The first-order valence-electron chi connectivity index (χ1n) is 4.51. The Morgan fingerprint density at radius 3 is 2.93 bits per heavy atom. The van der Waals surface area contributed by atoms with Gasteiger partial charge < -0.3 is 5.32 Å². The molecule has 0 heterocycles. The molecule has 0 aliphatic carbocycles. The highest BCUT2D eigenvalue weighted by molar-refractivity contribution is 6.29. The molecule has 0 saturated heterocycles. The first-order chi connectivity index (χ1) is 6.65. The smallest absolute Gasteiger partial charge is 0.239 e. The minimum atomic E-state index is -0.187. The second-order valence-corrected chi connectivity index (χ2v) is 3.62. The number of amides is 1. The zero-order chi connectivity index (χ0) is 10.6. The third kappa shape index (κ3) is 2.74. The topological polar surface area (TPSA) is 29.1 Å². The van der Waals surface area contributed by atoms with Crippen LogP contribution in [-0.2, 0) is 4.79 Å². The summed E-state index contributed by atoms with van der Waals surface area (Å²) >= 11 is 5.41. The van der Waals surface area contributed by atoms with Crippen LogP contribution in [0, 0.1) is 6.07 Å². The Kier molecular flexibility index (Phi) is 3.96. The summed E-state index contributed by atoms with van der Waals surface area (Å²) in [6.45, 7) is 4.15. The Morgan fingerprint density at radius 2 is 2.36 bits per heavy atom. The maximum absolute atomic E-state index is 11.1. The number of hydrogen-bond acceptors (Lipinski definition) is 1. The molecule has 0 bridgehead atoms. The van der Waals surface area contributed by atoms with Gasteiger partial charge in [-0.15, -0.1) is 11.6 Å². The van der Waals surface area contributed by atoms with Gasteiger partial charge in [0.05, 0.1) is 0 Å². The van der Waals surface area contributed by atoms with Crippen molar-refractivity contribution in [2.45, 2.75) is 19.8 Å². The SMILES string of the molecule is CC(C)c1cc[c]cc1NC(=O)CCl. The van der Waals surface area contributed by atoms with Gasteiger partial charge in [0.1, 0.15) is 5.88 Å². The predicted molar refractivity (Wildman–Crippen MR) is 58.7 cm³/mol. The van der Waals surface area contributed by atoms with Gasteiger partial charge in [-0.1, -0.05) is 26.0 Å². The van der Waals surface area contributed by atoms with Gasteiger partial charge in [-0.25, -0.2) is 0 Å². The van der Waals surface area contributed by atoms with Crippen LogP contribution >= 0.6 is 11.6 Å². The van der Waals surface area contributed by atoms with Crippen molar-refractivity contribution in [1.82, 2.24) is 0 Å². The summed E-state index contributed by atoms with van der Waals surface area (Å²) in [7, 11) is 0. The first-order valence-corrected chi connectivity index (χ1v) is 5.04. The quantitative estimate of drug-likeness (QED) is 0.764. The Morgan fingerprint density at radius 1 is 1.64 bits per heavy atom. The molecular weight excluding hydrogens is 198 g/mol. The van der Waals surface area contributed by atoms with Gasteiger partial charge in [0, 0.05) is 5.69 Å². The van der Waals surface area contributed by atoms with E-state index in [-0.39, 0.29) is 11.8 Å². The molecule has 0 unspecified atom stereocenters. The number of nitrogens with one attached hydrogen (secondary N) is 1. The highest BCUT2D eigenvalue weighted by atomic mass is 35.5. The van der Waals surface area contributed by atoms with E-state index < -0.39 is 0 Å². The van der Waals surface area contributed by atoms with Crippen molar-refractivity contribution in [2.75, 3.05) is 11.2 Å². The average molecular weight is 211 g/mol. The second kappa shape index (κ2) is 5.01. The van der Waals surface area contributed by atoms with Crippen LogP contribution in [-0.4, -0.2) is 11.8 Å². The van der Waals surface area contributed by atoms with E-state index in [1.807, 2.05) is 12.1 Å². The molecule has 3 heteroatoms. The monoisotopic (exact) mass is 210 g/mol. The summed E-state index contributed by atoms with van der Waals surface area (Å²) in [6, 6.07) is 8.48. The largest absolute Gasteiger partial charge is 0.325 e. The highest BCUT2D eigenvalue weighted by Gasteiger charge is 2.07. The van der Waals surface area contributed by atoms with Gasteiger partial charge in [-0.05, 0) is 23.6 Å². The third-order valence-corrected chi connectivity index (χ3v) is 2.16. The Hall–Kier alpha value is -1.02. The van der Waals surface area contributed by atoms with E-state index in [0.29, 0.717) is 5.92 Å². The van der Waals surface area contributed by atoms with Crippen molar-refractivity contribution >= 4 is 23.2 Å². The lowest BCUT2D eigenvalue weighted by Crippen LogP contribution is -2.14. The van der Waals surface area contributed by atoms with E-state index in [4.69, 9.17) is 11.6 Å². The van der Waals surface area contributed by atoms with Gasteiger partial charge in [-0.2, -0.15) is 0 Å². The molecule has 0 spiro atoms. The summed E-state index contributed by atoms with van der Waals surface area (Å²) in [5, 5.41) is 2.74. The first kappa shape index (κ1) is 11.1. The van der Waals surface area contributed by atoms with Crippen molar-refractivity contribution in [3.8, 4) is 0 Å². The molecule has 0 aromatic heterocycles. The minimum absolute atomic E-state index is 0.0214. The van der Waals surface area contributed by atoms with Crippen LogP contribution in [0.4, 0.5) is 5.69 Å². The van der Waals surface area contributed by atoms with E-state index in [0.717, 1.165) is 11.3 Å². The maximum atomic E-state index is 11.1. The fourth-order valence-corrected chi connectivity index (χ4v) is 1.30. The number of benzene rings is 1. The minimum Gasteiger partial charge on any atom is -0.325 e. The molecule has 0 fully saturated rings. The lowest BCUT2D eigenvalue weighted by molar-refractivity contribution is -0.113. The predicted octanol–water partition coefficient (Wildman–Crippen LogP) is 2.79. The summed E-state index contributed by atoms with van der Waals surface area (Å²) in [4.78, 5) is 11.1. The van der Waals surface area contributed by atoms with Crippen molar-refractivity contribution in [2.24, 2.45) is 0 Å². The Balaban J connectivity index is 2.90. The number of anilines is 1. The zero-order valence-corrected chi connectivity index (χ0v) is 9.06. The van der Waals surface area contributed by atoms with Crippen molar-refractivity contribution < 1.29 is 4.79 Å². The van der Waals surface area contributed by atoms with Gasteiger partial charge in [0.15, 0.2) is 0 Å². The number of rotatable bonds is 3. The zero-order valence-electron chi connectivity index (χ0n) is 8.30. The molecule has 0 atom stereocenters. The molecule has 1 aromatic carbocycles. The third-order valence-electron chi connectivity index (χ3n) is 1.92.